The molecule has 1 heterocycles. The van der Waals surface area contributed by atoms with Gasteiger partial charge in [0.2, 0.25) is 5.91 Å². The van der Waals surface area contributed by atoms with Crippen molar-refractivity contribution in [3.8, 4) is 6.07 Å². The van der Waals surface area contributed by atoms with Crippen LogP contribution in [0.5, 0.6) is 0 Å². The van der Waals surface area contributed by atoms with Crippen LogP contribution in [0.4, 0.5) is 0 Å². The Hall–Kier alpha value is -1.90. The molecule has 0 radical (unpaired) electrons. The summed E-state index contributed by atoms with van der Waals surface area (Å²) in [5, 5.41) is 14.9. The first-order chi connectivity index (χ1) is 9.28. The zero-order valence-corrected chi connectivity index (χ0v) is 10.9. The second-order valence-electron chi connectivity index (χ2n) is 4.61. The van der Waals surface area contributed by atoms with Crippen LogP contribution < -0.4 is 10.6 Å². The van der Waals surface area contributed by atoms with E-state index in [-0.39, 0.29) is 5.91 Å². The third kappa shape index (κ3) is 4.36. The van der Waals surface area contributed by atoms with Crippen LogP contribution in [0.25, 0.3) is 0 Å². The normalized spacial score (nSPS) is 15.7. The maximum atomic E-state index is 11.8. The molecule has 1 aromatic carbocycles. The van der Waals surface area contributed by atoms with Crippen LogP contribution in [-0.4, -0.2) is 43.5 Å². The summed E-state index contributed by atoms with van der Waals surface area (Å²) >= 11 is 0. The molecule has 0 atom stereocenters. The van der Waals surface area contributed by atoms with E-state index in [0.29, 0.717) is 18.7 Å². The average Bonchev–Trinajstić information content (AvgIpc) is 2.47. The number of nitrogens with one attached hydrogen (secondary N) is 2. The van der Waals surface area contributed by atoms with E-state index >= 15 is 0 Å². The zero-order chi connectivity index (χ0) is 13.5. The minimum Gasteiger partial charge on any atom is -0.351 e. The molecule has 0 unspecified atom stereocenters. The molecule has 0 spiro atoms. The molecule has 0 aliphatic carbocycles. The molecule has 1 aromatic rings. The van der Waals surface area contributed by atoms with Crippen LogP contribution in [0.15, 0.2) is 24.3 Å². The van der Waals surface area contributed by atoms with E-state index in [4.69, 9.17) is 5.26 Å². The zero-order valence-electron chi connectivity index (χ0n) is 10.9. The summed E-state index contributed by atoms with van der Waals surface area (Å²) in [7, 11) is 0. The predicted molar refractivity (Wildman–Crippen MR) is 72.3 cm³/mol. The highest BCUT2D eigenvalue weighted by Gasteiger charge is 2.12. The molecule has 5 heteroatoms. The Morgan fingerprint density at radius 2 is 2.00 bits per heavy atom. The van der Waals surface area contributed by atoms with E-state index < -0.39 is 0 Å². The maximum Gasteiger partial charge on any atom is 0.234 e. The van der Waals surface area contributed by atoms with Crippen LogP contribution in [0, 0.1) is 11.3 Å². The van der Waals surface area contributed by atoms with Crippen molar-refractivity contribution >= 4 is 5.91 Å². The monoisotopic (exact) mass is 258 g/mol. The van der Waals surface area contributed by atoms with E-state index in [9.17, 15) is 4.79 Å². The highest BCUT2D eigenvalue weighted by Crippen LogP contribution is 2.02. The first kappa shape index (κ1) is 13.5. The van der Waals surface area contributed by atoms with E-state index in [2.05, 4.69) is 21.6 Å². The molecule has 2 rings (SSSR count). The Bertz CT molecular complexity index is 457. The van der Waals surface area contributed by atoms with Gasteiger partial charge in [-0.15, -0.1) is 0 Å². The summed E-state index contributed by atoms with van der Waals surface area (Å²) in [6.07, 6.45) is 0. The lowest BCUT2D eigenvalue weighted by atomic mass is 10.1. The fourth-order valence-corrected chi connectivity index (χ4v) is 2.03. The number of carbonyl (C=O) groups is 1. The third-order valence-electron chi connectivity index (χ3n) is 3.15. The van der Waals surface area contributed by atoms with E-state index in [1.807, 2.05) is 12.1 Å². The van der Waals surface area contributed by atoms with Gasteiger partial charge in [0.05, 0.1) is 18.2 Å². The largest absolute Gasteiger partial charge is 0.351 e. The Labute approximate surface area is 113 Å². The van der Waals surface area contributed by atoms with Crippen molar-refractivity contribution in [1.82, 2.24) is 15.5 Å². The van der Waals surface area contributed by atoms with Gasteiger partial charge in [0.1, 0.15) is 0 Å². The summed E-state index contributed by atoms with van der Waals surface area (Å²) in [6, 6.07) is 9.33. The van der Waals surface area contributed by atoms with Gasteiger partial charge in [-0.1, -0.05) is 12.1 Å². The number of rotatable bonds is 4. The minimum absolute atomic E-state index is 0.0475. The molecule has 0 saturated carbocycles. The molecule has 1 aliphatic heterocycles. The number of carbonyl (C=O) groups excluding carboxylic acids is 1. The van der Waals surface area contributed by atoms with Gasteiger partial charge in [0.25, 0.3) is 0 Å². The number of piperazine rings is 1. The van der Waals surface area contributed by atoms with Gasteiger partial charge in [-0.25, -0.2) is 0 Å². The molecule has 0 bridgehead atoms. The fraction of sp³-hybridized carbons (Fsp3) is 0.429. The van der Waals surface area contributed by atoms with Crippen LogP contribution in [0.3, 0.4) is 0 Å². The van der Waals surface area contributed by atoms with Gasteiger partial charge in [-0.05, 0) is 17.7 Å². The highest BCUT2D eigenvalue weighted by molar-refractivity contribution is 5.78. The summed E-state index contributed by atoms with van der Waals surface area (Å²) in [4.78, 5) is 13.9. The standard InChI is InChI=1S/C14H18N4O/c15-9-12-1-3-13(4-2-12)10-17-14(19)11-18-7-5-16-6-8-18/h1-4,16H,5-8,10-11H2,(H,17,19). The van der Waals surface area contributed by atoms with E-state index in [1.165, 1.54) is 0 Å². The van der Waals surface area contributed by atoms with Crippen molar-refractivity contribution in [3.05, 3.63) is 35.4 Å². The summed E-state index contributed by atoms with van der Waals surface area (Å²) in [5.41, 5.74) is 1.64. The molecule has 5 nitrogen and oxygen atoms in total. The van der Waals surface area contributed by atoms with Gasteiger partial charge >= 0.3 is 0 Å². The van der Waals surface area contributed by atoms with Crippen molar-refractivity contribution < 1.29 is 4.79 Å². The first-order valence-corrected chi connectivity index (χ1v) is 6.47. The van der Waals surface area contributed by atoms with Gasteiger partial charge in [-0.3, -0.25) is 9.69 Å². The number of benzene rings is 1. The highest BCUT2D eigenvalue weighted by atomic mass is 16.2. The van der Waals surface area contributed by atoms with Crippen molar-refractivity contribution in [3.63, 3.8) is 0 Å². The van der Waals surface area contributed by atoms with Crippen molar-refractivity contribution in [2.45, 2.75) is 6.54 Å². The number of amides is 1. The SMILES string of the molecule is N#Cc1ccc(CNC(=O)CN2CCNCC2)cc1. The van der Waals surface area contributed by atoms with E-state index in [1.54, 1.807) is 12.1 Å². The van der Waals surface area contributed by atoms with Gasteiger partial charge in [0.15, 0.2) is 0 Å². The van der Waals surface area contributed by atoms with Gasteiger partial charge in [0, 0.05) is 32.7 Å². The Balaban J connectivity index is 1.74. The molecule has 1 fully saturated rings. The lowest BCUT2D eigenvalue weighted by Crippen LogP contribution is -2.47. The molecule has 100 valence electrons. The quantitative estimate of drug-likeness (QED) is 0.802. The summed E-state index contributed by atoms with van der Waals surface area (Å²) < 4.78 is 0. The van der Waals surface area contributed by atoms with Crippen molar-refractivity contribution in [2.75, 3.05) is 32.7 Å². The van der Waals surface area contributed by atoms with Crippen molar-refractivity contribution in [1.29, 1.82) is 5.26 Å². The molecule has 1 aliphatic rings. The van der Waals surface area contributed by atoms with Crippen LogP contribution in [0.2, 0.25) is 0 Å². The number of hydrogen-bond donors (Lipinski definition) is 2. The third-order valence-corrected chi connectivity index (χ3v) is 3.15. The van der Waals surface area contributed by atoms with Crippen molar-refractivity contribution in [2.24, 2.45) is 0 Å². The summed E-state index contributed by atoms with van der Waals surface area (Å²) in [6.45, 7) is 4.70. The second-order valence-corrected chi connectivity index (χ2v) is 4.61. The number of hydrogen-bond acceptors (Lipinski definition) is 4. The lowest BCUT2D eigenvalue weighted by molar-refractivity contribution is -0.122. The maximum absolute atomic E-state index is 11.8. The van der Waals surface area contributed by atoms with Gasteiger partial charge in [-0.2, -0.15) is 5.26 Å². The molecule has 1 amide bonds. The smallest absolute Gasteiger partial charge is 0.234 e. The van der Waals surface area contributed by atoms with Crippen LogP contribution in [-0.2, 0) is 11.3 Å². The van der Waals surface area contributed by atoms with Crippen LogP contribution >= 0.6 is 0 Å². The second kappa shape index (κ2) is 6.88. The Kier molecular flexibility index (Phi) is 4.90. The first-order valence-electron chi connectivity index (χ1n) is 6.47. The summed E-state index contributed by atoms with van der Waals surface area (Å²) in [5.74, 6) is 0.0475. The molecular formula is C14H18N4O. The minimum atomic E-state index is 0.0475. The van der Waals surface area contributed by atoms with Crippen LogP contribution in [0.1, 0.15) is 11.1 Å². The number of nitriles is 1. The molecule has 19 heavy (non-hydrogen) atoms. The lowest BCUT2D eigenvalue weighted by Gasteiger charge is -2.26. The molecular weight excluding hydrogens is 240 g/mol. The molecule has 0 aromatic heterocycles. The average molecular weight is 258 g/mol. The number of nitrogens with zero attached hydrogens (tertiary/aromatic N) is 2. The van der Waals surface area contributed by atoms with E-state index in [0.717, 1.165) is 31.7 Å². The molecule has 1 saturated heterocycles. The predicted octanol–water partition coefficient (Wildman–Crippen LogP) is 0.0797. The molecule has 2 N–H and O–H groups in total. The Morgan fingerprint density at radius 1 is 1.32 bits per heavy atom. The fourth-order valence-electron chi connectivity index (χ4n) is 2.03. The Morgan fingerprint density at radius 3 is 2.63 bits per heavy atom. The van der Waals surface area contributed by atoms with Gasteiger partial charge < -0.3 is 10.6 Å². The topological polar surface area (TPSA) is 68.2 Å².